The Bertz CT molecular complexity index is 590. The van der Waals surface area contributed by atoms with Gasteiger partial charge in [-0.25, -0.2) is 9.82 Å². The van der Waals surface area contributed by atoms with Crippen LogP contribution in [0.25, 0.3) is 0 Å². The van der Waals surface area contributed by atoms with Crippen LogP contribution in [-0.2, 0) is 0 Å². The minimum atomic E-state index is -0.448. The van der Waals surface area contributed by atoms with Crippen LogP contribution in [-0.4, -0.2) is 12.1 Å². The van der Waals surface area contributed by atoms with Crippen LogP contribution in [0, 0.1) is 12.7 Å². The maximum atomic E-state index is 12.9. The van der Waals surface area contributed by atoms with E-state index in [-0.39, 0.29) is 11.6 Å². The molecule has 0 saturated carbocycles. The Balaban J connectivity index is 1.97. The van der Waals surface area contributed by atoms with E-state index in [1.807, 2.05) is 0 Å². The summed E-state index contributed by atoms with van der Waals surface area (Å²) in [7, 11) is 0. The van der Waals surface area contributed by atoms with Crippen molar-refractivity contribution >= 4 is 12.1 Å². The summed E-state index contributed by atoms with van der Waals surface area (Å²) in [4.78, 5) is 11.5. The third kappa shape index (κ3) is 3.04. The van der Waals surface area contributed by atoms with Gasteiger partial charge in [0.25, 0.3) is 0 Å². The number of halogens is 1. The maximum Gasteiger partial charge on any atom is 0.307 e. The van der Waals surface area contributed by atoms with Gasteiger partial charge in [-0.1, -0.05) is 12.1 Å². The minimum absolute atomic E-state index is 0.184. The average Bonchev–Trinajstić information content (AvgIpc) is 2.76. The zero-order chi connectivity index (χ0) is 13.0. The third-order valence-corrected chi connectivity index (χ3v) is 2.19. The summed E-state index contributed by atoms with van der Waals surface area (Å²) >= 11 is 0. The molecular formula is C13H11FN2O2. The van der Waals surface area contributed by atoms with Crippen molar-refractivity contribution in [3.63, 3.8) is 0 Å². The first-order valence-corrected chi connectivity index (χ1v) is 5.30. The number of benzene rings is 1. The summed E-state index contributed by atoms with van der Waals surface area (Å²) in [5.41, 5.74) is 2.86. The molecule has 4 nitrogen and oxygen atoms in total. The number of hydrogen-bond acceptors (Lipinski definition) is 3. The highest BCUT2D eigenvalue weighted by Crippen LogP contribution is 2.05. The summed E-state index contributed by atoms with van der Waals surface area (Å²) in [5.74, 6) is 0.0286. The monoisotopic (exact) mass is 246 g/mol. The third-order valence-electron chi connectivity index (χ3n) is 2.19. The highest BCUT2D eigenvalue weighted by Gasteiger charge is 2.07. The van der Waals surface area contributed by atoms with E-state index >= 15 is 0 Å². The molecule has 0 unspecified atom stereocenters. The topological polar surface area (TPSA) is 54.6 Å². The molecule has 0 radical (unpaired) electrons. The van der Waals surface area contributed by atoms with Crippen molar-refractivity contribution in [3.05, 3.63) is 59.3 Å². The molecule has 0 atom stereocenters. The van der Waals surface area contributed by atoms with Gasteiger partial charge in [0.1, 0.15) is 11.6 Å². The van der Waals surface area contributed by atoms with E-state index in [2.05, 4.69) is 10.5 Å². The first-order chi connectivity index (χ1) is 8.65. The van der Waals surface area contributed by atoms with Crippen molar-refractivity contribution in [2.45, 2.75) is 6.92 Å². The molecule has 1 aromatic heterocycles. The predicted octanol–water partition coefficient (Wildman–Crippen LogP) is 2.49. The van der Waals surface area contributed by atoms with Crippen molar-refractivity contribution in [3.8, 4) is 0 Å². The largest absolute Gasteiger partial charge is 0.456 e. The van der Waals surface area contributed by atoms with Crippen molar-refractivity contribution in [2.24, 2.45) is 5.10 Å². The minimum Gasteiger partial charge on any atom is -0.456 e. The fraction of sp³-hybridized carbons (Fsp3) is 0.0769. The highest BCUT2D eigenvalue weighted by atomic mass is 19.1. The second kappa shape index (κ2) is 5.27. The Morgan fingerprint density at radius 1 is 1.39 bits per heavy atom. The number of nitrogens with zero attached hydrogens (tertiary/aromatic N) is 1. The lowest BCUT2D eigenvalue weighted by atomic mass is 10.2. The Morgan fingerprint density at radius 2 is 2.22 bits per heavy atom. The second-order valence-corrected chi connectivity index (χ2v) is 3.66. The normalized spacial score (nSPS) is 10.8. The number of carbonyl (C=O) groups is 1. The molecule has 18 heavy (non-hydrogen) atoms. The van der Waals surface area contributed by atoms with Crippen molar-refractivity contribution in [1.82, 2.24) is 5.43 Å². The van der Waals surface area contributed by atoms with E-state index in [4.69, 9.17) is 4.42 Å². The molecule has 1 N–H and O–H groups in total. The molecular weight excluding hydrogens is 235 g/mol. The van der Waals surface area contributed by atoms with Crippen LogP contribution >= 0.6 is 0 Å². The standard InChI is InChI=1S/C13H11FN2O2/c1-9-5-6-12(18-9)13(17)16-15-8-10-3-2-4-11(14)7-10/h2-8H,1H3,(H,16,17)/b15-8+. The highest BCUT2D eigenvalue weighted by molar-refractivity contribution is 5.92. The van der Waals surface area contributed by atoms with E-state index in [9.17, 15) is 9.18 Å². The zero-order valence-electron chi connectivity index (χ0n) is 9.68. The van der Waals surface area contributed by atoms with Crippen LogP contribution in [0.1, 0.15) is 21.9 Å². The summed E-state index contributed by atoms with van der Waals surface area (Å²) in [6, 6.07) is 9.13. The first-order valence-electron chi connectivity index (χ1n) is 5.30. The molecule has 2 aromatic rings. The molecule has 0 spiro atoms. The van der Waals surface area contributed by atoms with Crippen LogP contribution < -0.4 is 5.43 Å². The smallest absolute Gasteiger partial charge is 0.307 e. The van der Waals surface area contributed by atoms with Gasteiger partial charge < -0.3 is 4.42 Å². The molecule has 5 heteroatoms. The fourth-order valence-electron chi connectivity index (χ4n) is 1.36. The van der Waals surface area contributed by atoms with Crippen LogP contribution in [0.5, 0.6) is 0 Å². The molecule has 0 aliphatic heterocycles. The Hall–Kier alpha value is -2.43. The maximum absolute atomic E-state index is 12.9. The number of hydrazone groups is 1. The van der Waals surface area contributed by atoms with E-state index in [0.717, 1.165) is 0 Å². The van der Waals surface area contributed by atoms with Gasteiger partial charge in [0.15, 0.2) is 5.76 Å². The van der Waals surface area contributed by atoms with Crippen LogP contribution in [0.15, 0.2) is 45.9 Å². The number of amides is 1. The lowest BCUT2D eigenvalue weighted by molar-refractivity contribution is 0.0926. The van der Waals surface area contributed by atoms with Gasteiger partial charge in [-0.15, -0.1) is 0 Å². The van der Waals surface area contributed by atoms with E-state index in [1.165, 1.54) is 18.3 Å². The molecule has 1 amide bonds. The zero-order valence-corrected chi connectivity index (χ0v) is 9.68. The Labute approximate surface area is 103 Å². The number of furan rings is 1. The molecule has 0 bridgehead atoms. The number of nitrogens with one attached hydrogen (secondary N) is 1. The van der Waals surface area contributed by atoms with Gasteiger partial charge in [-0.05, 0) is 36.8 Å². The van der Waals surface area contributed by atoms with Gasteiger partial charge >= 0.3 is 5.91 Å². The lowest BCUT2D eigenvalue weighted by Crippen LogP contribution is -2.16. The summed E-state index contributed by atoms with van der Waals surface area (Å²) in [5, 5.41) is 3.72. The Kier molecular flexibility index (Phi) is 3.52. The molecule has 1 aromatic carbocycles. The van der Waals surface area contributed by atoms with Crippen LogP contribution in [0.3, 0.4) is 0 Å². The number of aryl methyl sites for hydroxylation is 1. The van der Waals surface area contributed by atoms with Crippen LogP contribution in [0.2, 0.25) is 0 Å². The number of carbonyl (C=O) groups excluding carboxylic acids is 1. The SMILES string of the molecule is Cc1ccc(C(=O)N/N=C/c2cccc(F)c2)o1. The van der Waals surface area contributed by atoms with E-state index < -0.39 is 5.91 Å². The fourth-order valence-corrected chi connectivity index (χ4v) is 1.36. The van der Waals surface area contributed by atoms with E-state index in [0.29, 0.717) is 11.3 Å². The summed E-state index contributed by atoms with van der Waals surface area (Å²) < 4.78 is 18.0. The molecule has 0 fully saturated rings. The van der Waals surface area contributed by atoms with E-state index in [1.54, 1.807) is 31.2 Å². The van der Waals surface area contributed by atoms with Gasteiger partial charge in [0, 0.05) is 0 Å². The summed E-state index contributed by atoms with van der Waals surface area (Å²) in [6.45, 7) is 1.74. The molecule has 0 aliphatic rings. The first kappa shape index (κ1) is 12.0. The van der Waals surface area contributed by atoms with Crippen molar-refractivity contribution in [2.75, 3.05) is 0 Å². The molecule has 1 heterocycles. The van der Waals surface area contributed by atoms with Crippen molar-refractivity contribution < 1.29 is 13.6 Å². The predicted molar refractivity (Wildman–Crippen MR) is 64.9 cm³/mol. The van der Waals surface area contributed by atoms with Gasteiger partial charge in [-0.2, -0.15) is 5.10 Å². The average molecular weight is 246 g/mol. The van der Waals surface area contributed by atoms with Crippen LogP contribution in [0.4, 0.5) is 4.39 Å². The molecule has 0 aliphatic carbocycles. The van der Waals surface area contributed by atoms with Gasteiger partial charge in [0.05, 0.1) is 6.21 Å². The number of hydrogen-bond donors (Lipinski definition) is 1. The Morgan fingerprint density at radius 3 is 2.89 bits per heavy atom. The summed E-state index contributed by atoms with van der Waals surface area (Å²) in [6.07, 6.45) is 1.36. The van der Waals surface area contributed by atoms with Crippen molar-refractivity contribution in [1.29, 1.82) is 0 Å². The second-order valence-electron chi connectivity index (χ2n) is 3.66. The molecule has 0 saturated heterocycles. The van der Waals surface area contributed by atoms with Gasteiger partial charge in [-0.3, -0.25) is 4.79 Å². The molecule has 2 rings (SSSR count). The van der Waals surface area contributed by atoms with Gasteiger partial charge in [0.2, 0.25) is 0 Å². The number of rotatable bonds is 3. The molecule has 92 valence electrons. The lowest BCUT2D eigenvalue weighted by Gasteiger charge is -1.96. The quantitative estimate of drug-likeness (QED) is 0.668.